The van der Waals surface area contributed by atoms with Gasteiger partial charge in [-0.05, 0) is 19.8 Å². The quantitative estimate of drug-likeness (QED) is 0.671. The van der Waals surface area contributed by atoms with Crippen LogP contribution in [-0.2, 0) is 5.54 Å². The van der Waals surface area contributed by atoms with Crippen molar-refractivity contribution in [3.8, 4) is 0 Å². The molecule has 2 rings (SSSR count). The molecule has 0 fully saturated rings. The Balaban J connectivity index is 2.36. The van der Waals surface area contributed by atoms with Crippen molar-refractivity contribution in [2.45, 2.75) is 25.3 Å². The number of aromatic nitrogens is 1. The third kappa shape index (κ3) is 1.09. The minimum atomic E-state index is -0.148. The van der Waals surface area contributed by atoms with Crippen LogP contribution in [0.4, 0.5) is 0 Å². The summed E-state index contributed by atoms with van der Waals surface area (Å²) >= 11 is 1.67. The van der Waals surface area contributed by atoms with Gasteiger partial charge in [-0.15, -0.1) is 11.3 Å². The first-order valence-electron chi connectivity index (χ1n) is 4.07. The van der Waals surface area contributed by atoms with Crippen LogP contribution < -0.4 is 5.73 Å². The summed E-state index contributed by atoms with van der Waals surface area (Å²) in [4.78, 5) is 5.46. The second kappa shape index (κ2) is 2.68. The lowest BCUT2D eigenvalue weighted by Crippen LogP contribution is -2.33. The Morgan fingerprint density at radius 1 is 1.50 bits per heavy atom. The molecular formula is C9H12N2S. The fourth-order valence-electron chi connectivity index (χ4n) is 1.64. The van der Waals surface area contributed by atoms with Crippen LogP contribution in [0.25, 0.3) is 0 Å². The lowest BCUT2D eigenvalue weighted by molar-refractivity contribution is 0.487. The Bertz CT molecular complexity index is 306. The van der Waals surface area contributed by atoms with E-state index in [0.29, 0.717) is 0 Å². The SMILES string of the molecule is Cc1ncsc1C1(N)CC=CC1. The summed E-state index contributed by atoms with van der Waals surface area (Å²) in [5.74, 6) is 0. The van der Waals surface area contributed by atoms with E-state index in [1.807, 2.05) is 12.4 Å². The van der Waals surface area contributed by atoms with Crippen LogP contribution in [0, 0.1) is 6.92 Å². The standard InChI is InChI=1S/C9H12N2S/c1-7-8(12-6-11-7)9(10)4-2-3-5-9/h2-3,6H,4-5,10H2,1H3. The highest BCUT2D eigenvalue weighted by molar-refractivity contribution is 7.09. The molecule has 1 heterocycles. The molecule has 12 heavy (non-hydrogen) atoms. The molecule has 0 aliphatic heterocycles. The van der Waals surface area contributed by atoms with E-state index in [2.05, 4.69) is 17.1 Å². The monoisotopic (exact) mass is 180 g/mol. The summed E-state index contributed by atoms with van der Waals surface area (Å²) in [6, 6.07) is 0. The van der Waals surface area contributed by atoms with Gasteiger partial charge in [-0.3, -0.25) is 0 Å². The van der Waals surface area contributed by atoms with E-state index in [4.69, 9.17) is 5.73 Å². The largest absolute Gasteiger partial charge is 0.320 e. The number of thiazole rings is 1. The Kier molecular flexibility index (Phi) is 1.77. The highest BCUT2D eigenvalue weighted by Gasteiger charge is 2.31. The van der Waals surface area contributed by atoms with E-state index >= 15 is 0 Å². The number of aryl methyl sites for hydroxylation is 1. The van der Waals surface area contributed by atoms with Crippen LogP contribution >= 0.6 is 11.3 Å². The summed E-state index contributed by atoms with van der Waals surface area (Å²) in [5.41, 5.74) is 9.05. The highest BCUT2D eigenvalue weighted by Crippen LogP contribution is 2.35. The third-order valence-corrected chi connectivity index (χ3v) is 3.48. The van der Waals surface area contributed by atoms with Crippen molar-refractivity contribution in [1.82, 2.24) is 4.98 Å². The maximum Gasteiger partial charge on any atom is 0.0798 e. The van der Waals surface area contributed by atoms with Gasteiger partial charge >= 0.3 is 0 Å². The maximum atomic E-state index is 6.23. The van der Waals surface area contributed by atoms with Crippen LogP contribution in [0.1, 0.15) is 23.4 Å². The fraction of sp³-hybridized carbons (Fsp3) is 0.444. The lowest BCUT2D eigenvalue weighted by atomic mass is 9.95. The molecule has 0 saturated carbocycles. The number of hydrogen-bond acceptors (Lipinski definition) is 3. The topological polar surface area (TPSA) is 38.9 Å². The average Bonchev–Trinajstić information content (AvgIpc) is 2.59. The molecule has 0 saturated heterocycles. The zero-order valence-corrected chi connectivity index (χ0v) is 7.90. The van der Waals surface area contributed by atoms with E-state index < -0.39 is 0 Å². The van der Waals surface area contributed by atoms with Crippen molar-refractivity contribution >= 4 is 11.3 Å². The molecule has 1 aliphatic rings. The predicted octanol–water partition coefficient (Wildman–Crippen LogP) is 1.96. The van der Waals surface area contributed by atoms with Crippen LogP contribution in [0.3, 0.4) is 0 Å². The number of nitrogens with zero attached hydrogens (tertiary/aromatic N) is 1. The van der Waals surface area contributed by atoms with Crippen LogP contribution in [0.15, 0.2) is 17.7 Å². The number of rotatable bonds is 1. The van der Waals surface area contributed by atoms with Gasteiger partial charge in [0.05, 0.1) is 16.7 Å². The van der Waals surface area contributed by atoms with Gasteiger partial charge in [-0.25, -0.2) is 4.98 Å². The van der Waals surface area contributed by atoms with E-state index in [0.717, 1.165) is 18.5 Å². The second-order valence-electron chi connectivity index (χ2n) is 3.30. The Morgan fingerprint density at radius 3 is 2.67 bits per heavy atom. The molecule has 64 valence electrons. The average molecular weight is 180 g/mol. The van der Waals surface area contributed by atoms with Gasteiger partial charge in [0.1, 0.15) is 0 Å². The normalized spacial score (nSPS) is 20.2. The van der Waals surface area contributed by atoms with Crippen molar-refractivity contribution in [3.05, 3.63) is 28.2 Å². The summed E-state index contributed by atoms with van der Waals surface area (Å²) in [6.07, 6.45) is 6.21. The summed E-state index contributed by atoms with van der Waals surface area (Å²) < 4.78 is 0. The summed E-state index contributed by atoms with van der Waals surface area (Å²) in [6.45, 7) is 2.03. The van der Waals surface area contributed by atoms with E-state index in [9.17, 15) is 0 Å². The van der Waals surface area contributed by atoms with Gasteiger partial charge in [0.25, 0.3) is 0 Å². The molecule has 0 bridgehead atoms. The number of hydrogen-bond donors (Lipinski definition) is 1. The van der Waals surface area contributed by atoms with Crippen LogP contribution in [-0.4, -0.2) is 4.98 Å². The van der Waals surface area contributed by atoms with Gasteiger partial charge < -0.3 is 5.73 Å². The van der Waals surface area contributed by atoms with Gasteiger partial charge in [-0.1, -0.05) is 12.2 Å². The van der Waals surface area contributed by atoms with Crippen molar-refractivity contribution in [2.75, 3.05) is 0 Å². The molecule has 1 aromatic rings. The molecule has 2 N–H and O–H groups in total. The molecule has 3 heteroatoms. The maximum absolute atomic E-state index is 6.23. The van der Waals surface area contributed by atoms with Gasteiger partial charge in [0, 0.05) is 4.88 Å². The highest BCUT2D eigenvalue weighted by atomic mass is 32.1. The van der Waals surface area contributed by atoms with Gasteiger partial charge in [0.2, 0.25) is 0 Å². The molecule has 0 aromatic carbocycles. The molecule has 0 radical (unpaired) electrons. The molecule has 1 aliphatic carbocycles. The zero-order chi connectivity index (χ0) is 8.60. The van der Waals surface area contributed by atoms with Crippen molar-refractivity contribution in [3.63, 3.8) is 0 Å². The van der Waals surface area contributed by atoms with Crippen molar-refractivity contribution < 1.29 is 0 Å². The smallest absolute Gasteiger partial charge is 0.0798 e. The van der Waals surface area contributed by atoms with Crippen molar-refractivity contribution in [2.24, 2.45) is 5.73 Å². The van der Waals surface area contributed by atoms with E-state index in [1.54, 1.807) is 11.3 Å². The molecule has 0 amide bonds. The predicted molar refractivity (Wildman–Crippen MR) is 51.1 cm³/mol. The second-order valence-corrected chi connectivity index (χ2v) is 4.16. The van der Waals surface area contributed by atoms with Crippen LogP contribution in [0.2, 0.25) is 0 Å². The minimum absolute atomic E-state index is 0.148. The Hall–Kier alpha value is -0.670. The molecular weight excluding hydrogens is 168 g/mol. The summed E-state index contributed by atoms with van der Waals surface area (Å²) in [5, 5.41) is 0. The van der Waals surface area contributed by atoms with E-state index in [1.165, 1.54) is 4.88 Å². The first-order valence-corrected chi connectivity index (χ1v) is 4.95. The minimum Gasteiger partial charge on any atom is -0.320 e. The zero-order valence-electron chi connectivity index (χ0n) is 7.08. The number of nitrogens with two attached hydrogens (primary N) is 1. The van der Waals surface area contributed by atoms with Gasteiger partial charge in [-0.2, -0.15) is 0 Å². The van der Waals surface area contributed by atoms with Gasteiger partial charge in [0.15, 0.2) is 0 Å². The summed E-state index contributed by atoms with van der Waals surface area (Å²) in [7, 11) is 0. The first-order chi connectivity index (χ1) is 5.72. The molecule has 2 nitrogen and oxygen atoms in total. The lowest BCUT2D eigenvalue weighted by Gasteiger charge is -2.22. The Labute approximate surface area is 76.1 Å². The molecule has 0 spiro atoms. The van der Waals surface area contributed by atoms with E-state index in [-0.39, 0.29) is 5.54 Å². The first kappa shape index (κ1) is 7.95. The van der Waals surface area contributed by atoms with Crippen LogP contribution in [0.5, 0.6) is 0 Å². The fourth-order valence-corrected chi connectivity index (χ4v) is 2.58. The third-order valence-electron chi connectivity index (χ3n) is 2.33. The molecule has 0 unspecified atom stereocenters. The van der Waals surface area contributed by atoms with Crippen molar-refractivity contribution in [1.29, 1.82) is 0 Å². The molecule has 1 aromatic heterocycles. The Morgan fingerprint density at radius 2 is 2.17 bits per heavy atom. The molecule has 0 atom stereocenters.